The van der Waals surface area contributed by atoms with Crippen molar-refractivity contribution in [3.63, 3.8) is 0 Å². The number of benzene rings is 1. The molecule has 36 heavy (non-hydrogen) atoms. The maximum atomic E-state index is 13.0. The molecule has 182 valence electrons. The first-order chi connectivity index (χ1) is 17.2. The summed E-state index contributed by atoms with van der Waals surface area (Å²) in [6, 6.07) is 14.9. The zero-order chi connectivity index (χ0) is 25.9. The summed E-state index contributed by atoms with van der Waals surface area (Å²) in [5, 5.41) is 23.2. The predicted octanol–water partition coefficient (Wildman–Crippen LogP) is 4.51. The van der Waals surface area contributed by atoms with Gasteiger partial charge in [0.05, 0.1) is 17.2 Å². The smallest absolute Gasteiger partial charge is 0.256 e. The SMILES string of the molecule is CNc1cc(-n2nc(C)cc2Nc2cc(C(=O)Nc3cc(C(C)(C)C#N)ccn3)ccc2C)ncn1. The lowest BCUT2D eigenvalue weighted by Crippen LogP contribution is -2.17. The van der Waals surface area contributed by atoms with Crippen LogP contribution < -0.4 is 16.0 Å². The zero-order valence-corrected chi connectivity index (χ0v) is 20.8. The van der Waals surface area contributed by atoms with Gasteiger partial charge in [-0.05, 0) is 63.1 Å². The van der Waals surface area contributed by atoms with Crippen LogP contribution in [0.4, 0.5) is 23.1 Å². The summed E-state index contributed by atoms with van der Waals surface area (Å²) >= 11 is 0. The number of rotatable bonds is 7. The molecule has 10 heteroatoms. The van der Waals surface area contributed by atoms with Gasteiger partial charge in [-0.15, -0.1) is 0 Å². The van der Waals surface area contributed by atoms with Crippen LogP contribution in [0.1, 0.15) is 41.0 Å². The van der Waals surface area contributed by atoms with Crippen LogP contribution in [0, 0.1) is 25.2 Å². The van der Waals surface area contributed by atoms with Gasteiger partial charge >= 0.3 is 0 Å². The number of carbonyl (C=O) groups is 1. The lowest BCUT2D eigenvalue weighted by atomic mass is 9.87. The van der Waals surface area contributed by atoms with Gasteiger partial charge in [0.2, 0.25) is 0 Å². The van der Waals surface area contributed by atoms with E-state index in [1.165, 1.54) is 6.33 Å². The van der Waals surface area contributed by atoms with Crippen molar-refractivity contribution < 1.29 is 4.79 Å². The molecular formula is C26H27N9O. The van der Waals surface area contributed by atoms with E-state index in [4.69, 9.17) is 0 Å². The zero-order valence-electron chi connectivity index (χ0n) is 20.8. The Morgan fingerprint density at radius 2 is 1.83 bits per heavy atom. The monoisotopic (exact) mass is 481 g/mol. The molecule has 0 saturated heterocycles. The average molecular weight is 482 g/mol. The Kier molecular flexibility index (Phi) is 6.65. The second kappa shape index (κ2) is 9.84. The van der Waals surface area contributed by atoms with E-state index in [2.05, 4.69) is 42.1 Å². The van der Waals surface area contributed by atoms with E-state index in [1.807, 2.05) is 39.8 Å². The highest BCUT2D eigenvalue weighted by Gasteiger charge is 2.21. The number of hydrogen-bond donors (Lipinski definition) is 3. The minimum absolute atomic E-state index is 0.309. The minimum atomic E-state index is -0.692. The van der Waals surface area contributed by atoms with Gasteiger partial charge in [-0.2, -0.15) is 15.0 Å². The number of aryl methyl sites for hydroxylation is 2. The Balaban J connectivity index is 1.60. The summed E-state index contributed by atoms with van der Waals surface area (Å²) < 4.78 is 1.69. The molecule has 4 aromatic rings. The molecule has 0 aliphatic carbocycles. The Morgan fingerprint density at radius 1 is 1.03 bits per heavy atom. The van der Waals surface area contributed by atoms with Gasteiger partial charge in [0.25, 0.3) is 5.91 Å². The highest BCUT2D eigenvalue weighted by atomic mass is 16.1. The molecule has 3 heterocycles. The predicted molar refractivity (Wildman–Crippen MR) is 139 cm³/mol. The first kappa shape index (κ1) is 24.3. The maximum Gasteiger partial charge on any atom is 0.256 e. The molecule has 4 rings (SSSR count). The summed E-state index contributed by atoms with van der Waals surface area (Å²) in [5.41, 5.74) is 3.04. The summed E-state index contributed by atoms with van der Waals surface area (Å²) in [6.07, 6.45) is 3.06. The molecule has 0 fully saturated rings. The van der Waals surface area contributed by atoms with Crippen molar-refractivity contribution in [1.29, 1.82) is 5.26 Å². The summed E-state index contributed by atoms with van der Waals surface area (Å²) in [6.45, 7) is 7.49. The second-order valence-corrected chi connectivity index (χ2v) is 8.87. The highest BCUT2D eigenvalue weighted by molar-refractivity contribution is 6.04. The molecule has 0 aliphatic heterocycles. The Labute approximate surface area is 209 Å². The number of nitrogens with one attached hydrogen (secondary N) is 3. The first-order valence-corrected chi connectivity index (χ1v) is 11.3. The lowest BCUT2D eigenvalue weighted by molar-refractivity contribution is 0.102. The number of nitrogens with zero attached hydrogens (tertiary/aromatic N) is 6. The minimum Gasteiger partial charge on any atom is -0.373 e. The summed E-state index contributed by atoms with van der Waals surface area (Å²) in [7, 11) is 1.79. The van der Waals surface area contributed by atoms with Crippen LogP contribution in [-0.2, 0) is 5.41 Å². The van der Waals surface area contributed by atoms with Gasteiger partial charge in [0, 0.05) is 36.6 Å². The molecule has 3 aromatic heterocycles. The normalized spacial score (nSPS) is 11.0. The highest BCUT2D eigenvalue weighted by Crippen LogP contribution is 2.26. The Morgan fingerprint density at radius 3 is 2.58 bits per heavy atom. The van der Waals surface area contributed by atoms with Crippen LogP contribution in [0.25, 0.3) is 5.82 Å². The van der Waals surface area contributed by atoms with Crippen molar-refractivity contribution in [2.24, 2.45) is 0 Å². The third kappa shape index (κ3) is 5.15. The maximum absolute atomic E-state index is 13.0. The molecular weight excluding hydrogens is 454 g/mol. The largest absolute Gasteiger partial charge is 0.373 e. The molecule has 0 aliphatic rings. The van der Waals surface area contributed by atoms with Gasteiger partial charge in [-0.3, -0.25) is 4.79 Å². The molecule has 0 spiro atoms. The fraction of sp³-hybridized carbons (Fsp3) is 0.231. The van der Waals surface area contributed by atoms with E-state index < -0.39 is 5.41 Å². The van der Waals surface area contributed by atoms with E-state index in [1.54, 1.807) is 48.3 Å². The number of aromatic nitrogens is 5. The van der Waals surface area contributed by atoms with Crippen molar-refractivity contribution >= 4 is 29.0 Å². The van der Waals surface area contributed by atoms with Crippen LogP contribution >= 0.6 is 0 Å². The molecule has 1 amide bonds. The summed E-state index contributed by atoms with van der Waals surface area (Å²) in [5.74, 6) is 2.04. The molecule has 10 nitrogen and oxygen atoms in total. The van der Waals surface area contributed by atoms with Gasteiger partial charge in [-0.25, -0.2) is 15.0 Å². The molecule has 0 saturated carbocycles. The molecule has 0 radical (unpaired) electrons. The van der Waals surface area contributed by atoms with Crippen LogP contribution in [-0.4, -0.2) is 37.7 Å². The summed E-state index contributed by atoms with van der Waals surface area (Å²) in [4.78, 5) is 25.8. The van der Waals surface area contributed by atoms with E-state index in [-0.39, 0.29) is 5.91 Å². The molecule has 1 aromatic carbocycles. The van der Waals surface area contributed by atoms with Gasteiger partial charge in [-0.1, -0.05) is 6.07 Å². The standard InChI is InChI=1S/C26H27N9O/c1-16-6-7-18(25(36)33-22-12-19(8-9-29-22)26(3,4)14-27)11-20(16)32-24-10-17(2)34-35(24)23-13-21(28-5)30-15-31-23/h6-13,15,32H,1-5H3,(H,28,30,31)(H,29,33,36). The van der Waals surface area contributed by atoms with Crippen LogP contribution in [0.3, 0.4) is 0 Å². The Hall–Kier alpha value is -4.78. The number of hydrogen-bond acceptors (Lipinski definition) is 8. The number of amides is 1. The molecule has 0 bridgehead atoms. The van der Waals surface area contributed by atoms with Crippen molar-refractivity contribution in [1.82, 2.24) is 24.7 Å². The molecule has 0 unspecified atom stereocenters. The van der Waals surface area contributed by atoms with Crippen molar-refractivity contribution in [2.45, 2.75) is 33.1 Å². The fourth-order valence-corrected chi connectivity index (χ4v) is 3.54. The third-order valence-corrected chi connectivity index (χ3v) is 5.72. The Bertz CT molecular complexity index is 1470. The number of pyridine rings is 1. The van der Waals surface area contributed by atoms with E-state index in [0.29, 0.717) is 28.8 Å². The van der Waals surface area contributed by atoms with Crippen LogP contribution in [0.15, 0.2) is 55.0 Å². The first-order valence-electron chi connectivity index (χ1n) is 11.3. The van der Waals surface area contributed by atoms with Crippen molar-refractivity contribution in [3.8, 4) is 11.9 Å². The molecule has 3 N–H and O–H groups in total. The topological polar surface area (TPSA) is 133 Å². The van der Waals surface area contributed by atoms with Gasteiger partial charge in [0.15, 0.2) is 5.82 Å². The van der Waals surface area contributed by atoms with Gasteiger partial charge in [0.1, 0.15) is 23.8 Å². The van der Waals surface area contributed by atoms with Crippen LogP contribution in [0.5, 0.6) is 0 Å². The second-order valence-electron chi connectivity index (χ2n) is 8.87. The lowest BCUT2D eigenvalue weighted by Gasteiger charge is -2.16. The quantitative estimate of drug-likeness (QED) is 0.351. The van der Waals surface area contributed by atoms with Crippen molar-refractivity contribution in [3.05, 3.63) is 77.4 Å². The van der Waals surface area contributed by atoms with E-state index >= 15 is 0 Å². The van der Waals surface area contributed by atoms with Gasteiger partial charge < -0.3 is 16.0 Å². The number of carbonyl (C=O) groups excluding carboxylic acids is 1. The number of anilines is 4. The average Bonchev–Trinajstić information content (AvgIpc) is 3.25. The van der Waals surface area contributed by atoms with Crippen LogP contribution in [0.2, 0.25) is 0 Å². The molecule has 0 atom stereocenters. The van der Waals surface area contributed by atoms with E-state index in [9.17, 15) is 10.1 Å². The van der Waals surface area contributed by atoms with E-state index in [0.717, 1.165) is 22.5 Å². The fourth-order valence-electron chi connectivity index (χ4n) is 3.54. The number of nitriles is 1. The van der Waals surface area contributed by atoms with Crippen molar-refractivity contribution in [2.75, 3.05) is 23.0 Å². The third-order valence-electron chi connectivity index (χ3n) is 5.72.